The number of hydrogen-bond acceptors (Lipinski definition) is 0. The van der Waals surface area contributed by atoms with Crippen molar-refractivity contribution in [2.75, 3.05) is 0 Å². The Morgan fingerprint density at radius 2 is 1.40 bits per heavy atom. The van der Waals surface area contributed by atoms with Crippen molar-refractivity contribution in [3.05, 3.63) is 70.8 Å². The van der Waals surface area contributed by atoms with Crippen LogP contribution in [0.1, 0.15) is 22.3 Å². The quantitative estimate of drug-likeness (QED) is 0.364. The van der Waals surface area contributed by atoms with Crippen molar-refractivity contribution >= 4 is 30.3 Å². The second-order valence-electron chi connectivity index (χ2n) is 5.27. The Morgan fingerprint density at radius 3 is 1.92 bits per heavy atom. The molecule has 8 heteroatoms. The van der Waals surface area contributed by atoms with Crippen molar-refractivity contribution in [3.8, 4) is 0 Å². The second kappa shape index (κ2) is 8.21. The first-order chi connectivity index (χ1) is 11.7. The van der Waals surface area contributed by atoms with Crippen molar-refractivity contribution in [2.24, 2.45) is 0 Å². The van der Waals surface area contributed by atoms with E-state index in [-0.39, 0.29) is 0 Å². The van der Waals surface area contributed by atoms with Gasteiger partial charge in [0, 0.05) is 5.56 Å². The zero-order valence-corrected chi connectivity index (χ0v) is 15.6. The van der Waals surface area contributed by atoms with E-state index in [2.05, 4.69) is 0 Å². The maximum absolute atomic E-state index is 13.2. The molecule has 132 valence electrons. The molecular weight excluding hydrogens is 418 g/mol. The van der Waals surface area contributed by atoms with Crippen LogP contribution in [0.3, 0.4) is 0 Å². The number of allylic oxidation sites excluding steroid dienone is 1. The molecule has 0 radical (unpaired) electrons. The molecule has 2 aromatic carbocycles. The van der Waals surface area contributed by atoms with Gasteiger partial charge in [0.1, 0.15) is 0 Å². The van der Waals surface area contributed by atoms with E-state index >= 15 is 0 Å². The van der Waals surface area contributed by atoms with Crippen molar-refractivity contribution in [3.63, 3.8) is 0 Å². The first-order valence-electron chi connectivity index (χ1n) is 7.01. The molecule has 1 aliphatic carbocycles. The van der Waals surface area contributed by atoms with Gasteiger partial charge in [-0.05, 0) is 28.7 Å². The molecule has 0 atom stereocenters. The van der Waals surface area contributed by atoms with Gasteiger partial charge in [-0.3, -0.25) is 0 Å². The number of alkyl halides is 5. The summed E-state index contributed by atoms with van der Waals surface area (Å²) in [4.78, 5) is 0. The molecule has 2 aromatic rings. The summed E-state index contributed by atoms with van der Waals surface area (Å²) < 4.78 is 63.5. The predicted molar refractivity (Wildman–Crippen MR) is 86.1 cm³/mol. The first-order valence-corrected chi connectivity index (χ1v) is 11.3. The van der Waals surface area contributed by atoms with Gasteiger partial charge in [-0.25, -0.2) is 0 Å². The zero-order chi connectivity index (χ0) is 18.7. The number of halogens is 7. The van der Waals surface area contributed by atoms with E-state index in [1.54, 1.807) is 0 Å². The van der Waals surface area contributed by atoms with Gasteiger partial charge in [-0.1, -0.05) is 54.6 Å². The molecule has 0 bridgehead atoms. The van der Waals surface area contributed by atoms with Gasteiger partial charge in [0.25, 0.3) is 0 Å². The van der Waals surface area contributed by atoms with Gasteiger partial charge in [-0.15, -0.1) is 0 Å². The van der Waals surface area contributed by atoms with Crippen LogP contribution < -0.4 is 0 Å². The molecule has 0 saturated heterocycles. The summed E-state index contributed by atoms with van der Waals surface area (Å²) in [6, 6.07) is 12.0. The third-order valence-electron chi connectivity index (χ3n) is 3.74. The molecule has 0 nitrogen and oxygen atoms in total. The Bertz CT molecular complexity index is 754. The van der Waals surface area contributed by atoms with Crippen LogP contribution in [-0.4, -0.2) is 6.18 Å². The Labute approximate surface area is 158 Å². The Kier molecular flexibility index (Phi) is 6.71. The van der Waals surface area contributed by atoms with Gasteiger partial charge in [0.15, 0.2) is 0 Å². The summed E-state index contributed by atoms with van der Waals surface area (Å²) in [6.07, 6.45) is -3.02. The standard InChI is InChI=1S/C17H11F5.2ClH.Ti/c18-16(19,17(20,21)22)15-7-5-11(6-8-15)14-9-12-3-1-2-4-13(12)10-14;;;/h1-9H,10H2;2*1H;/q;;;+2/p-2. The molecule has 0 spiro atoms. The van der Waals surface area contributed by atoms with E-state index in [1.165, 1.54) is 12.1 Å². The fourth-order valence-electron chi connectivity index (χ4n) is 2.52. The SMILES string of the molecule is FC(F)(F)C(F)(F)c1ccc(C2=Cc3ccccc3C2)cc1.[Cl][Ti][Cl]. The molecule has 0 saturated carbocycles. The van der Waals surface area contributed by atoms with Crippen LogP contribution in [0.4, 0.5) is 22.0 Å². The summed E-state index contributed by atoms with van der Waals surface area (Å²) in [7, 11) is 9.78. The Balaban J connectivity index is 0.000000701. The van der Waals surface area contributed by atoms with Gasteiger partial charge in [0.05, 0.1) is 0 Å². The number of fused-ring (bicyclic) bond motifs is 1. The van der Waals surface area contributed by atoms with Gasteiger partial charge in [-0.2, -0.15) is 22.0 Å². The van der Waals surface area contributed by atoms with Crippen molar-refractivity contribution in [1.29, 1.82) is 0 Å². The minimum absolute atomic E-state index is 0.556. The van der Waals surface area contributed by atoms with E-state index < -0.39 is 34.7 Å². The summed E-state index contributed by atoms with van der Waals surface area (Å²) in [5.74, 6) is -4.83. The van der Waals surface area contributed by atoms with E-state index in [0.717, 1.165) is 28.8 Å². The fourth-order valence-corrected chi connectivity index (χ4v) is 2.52. The second-order valence-corrected chi connectivity index (χ2v) is 7.85. The summed E-state index contributed by atoms with van der Waals surface area (Å²) in [5, 5.41) is 0. The summed E-state index contributed by atoms with van der Waals surface area (Å²) in [6.45, 7) is 0. The van der Waals surface area contributed by atoms with E-state index in [1.807, 2.05) is 30.3 Å². The number of rotatable bonds is 2. The monoisotopic (exact) mass is 428 g/mol. The van der Waals surface area contributed by atoms with E-state index in [0.29, 0.717) is 12.0 Å². The molecule has 0 fully saturated rings. The zero-order valence-electron chi connectivity index (χ0n) is 12.5. The molecule has 3 rings (SSSR count). The van der Waals surface area contributed by atoms with Gasteiger partial charge < -0.3 is 0 Å². The average molecular weight is 429 g/mol. The van der Waals surface area contributed by atoms with Crippen LogP contribution in [0.25, 0.3) is 11.6 Å². The van der Waals surface area contributed by atoms with E-state index in [4.69, 9.17) is 18.6 Å². The third-order valence-corrected chi connectivity index (χ3v) is 3.74. The molecule has 0 amide bonds. The molecule has 0 heterocycles. The topological polar surface area (TPSA) is 0 Å². The Hall–Kier alpha value is -0.876. The average Bonchev–Trinajstić information content (AvgIpc) is 2.99. The summed E-state index contributed by atoms with van der Waals surface area (Å²) in [5.41, 5.74) is 2.67. The molecule has 0 N–H and O–H groups in total. The fraction of sp³-hybridized carbons (Fsp3) is 0.176. The van der Waals surface area contributed by atoms with Crippen LogP contribution in [0.2, 0.25) is 0 Å². The molecule has 0 unspecified atom stereocenters. The number of benzene rings is 2. The van der Waals surface area contributed by atoms with Crippen molar-refractivity contribution < 1.29 is 39.0 Å². The van der Waals surface area contributed by atoms with Crippen LogP contribution >= 0.6 is 18.6 Å². The maximum atomic E-state index is 13.2. The van der Waals surface area contributed by atoms with Crippen LogP contribution in [-0.2, 0) is 29.4 Å². The molecule has 0 aliphatic heterocycles. The molecule has 0 aromatic heterocycles. The predicted octanol–water partition coefficient (Wildman–Crippen LogP) is 6.81. The number of hydrogen-bond donors (Lipinski definition) is 0. The van der Waals surface area contributed by atoms with Crippen LogP contribution in [0.5, 0.6) is 0 Å². The van der Waals surface area contributed by atoms with E-state index in [9.17, 15) is 22.0 Å². The van der Waals surface area contributed by atoms with Crippen LogP contribution in [0.15, 0.2) is 48.5 Å². The normalized spacial score (nSPS) is 13.5. The van der Waals surface area contributed by atoms with Gasteiger partial charge >= 0.3 is 47.7 Å². The molecule has 25 heavy (non-hydrogen) atoms. The summed E-state index contributed by atoms with van der Waals surface area (Å²) >= 11 is -0.556. The Morgan fingerprint density at radius 1 is 0.840 bits per heavy atom. The van der Waals surface area contributed by atoms with Crippen molar-refractivity contribution in [1.82, 2.24) is 0 Å². The molecular formula is C17H11Cl2F5Ti. The van der Waals surface area contributed by atoms with Gasteiger partial charge in [0.2, 0.25) is 0 Å². The molecule has 1 aliphatic rings. The van der Waals surface area contributed by atoms with Crippen LogP contribution in [0, 0.1) is 0 Å². The first kappa shape index (κ1) is 20.4. The third kappa shape index (κ3) is 4.65. The van der Waals surface area contributed by atoms with Crippen molar-refractivity contribution in [2.45, 2.75) is 18.5 Å². The minimum atomic E-state index is -5.59.